The zero-order chi connectivity index (χ0) is 33.5. The van der Waals surface area contributed by atoms with E-state index in [4.69, 9.17) is 14.4 Å². The van der Waals surface area contributed by atoms with E-state index in [0.717, 1.165) is 62.1 Å². The average Bonchev–Trinajstić information content (AvgIpc) is 3.59. The summed E-state index contributed by atoms with van der Waals surface area (Å²) in [6.07, 6.45) is 3.24. The fourth-order valence-electron chi connectivity index (χ4n) is 6.21. The second kappa shape index (κ2) is 14.1. The number of nitrogens with zero attached hydrogens (tertiary/aromatic N) is 4. The Hall–Kier alpha value is -3.58. The van der Waals surface area contributed by atoms with Crippen LogP contribution < -0.4 is 4.40 Å². The van der Waals surface area contributed by atoms with Gasteiger partial charge in [0.25, 0.3) is 0 Å². The first-order chi connectivity index (χ1) is 22.3. The van der Waals surface area contributed by atoms with Crippen LogP contribution in [0.3, 0.4) is 0 Å². The Morgan fingerprint density at radius 1 is 0.875 bits per heavy atom. The molecule has 0 aliphatic rings. The minimum Gasteiger partial charge on any atom is -0.486 e. The van der Waals surface area contributed by atoms with Crippen molar-refractivity contribution in [2.45, 2.75) is 71.3 Å². The molecule has 0 spiro atoms. The number of para-hydroxylation sites is 2. The van der Waals surface area contributed by atoms with Gasteiger partial charge in [0.2, 0.25) is 5.71 Å². The van der Waals surface area contributed by atoms with Crippen LogP contribution in [0.25, 0.3) is 55.7 Å². The van der Waals surface area contributed by atoms with Crippen LogP contribution in [0.4, 0.5) is 0 Å². The van der Waals surface area contributed by atoms with Gasteiger partial charge in [0.1, 0.15) is 0 Å². The van der Waals surface area contributed by atoms with E-state index in [-0.39, 0.29) is 26.1 Å². The van der Waals surface area contributed by atoms with Crippen LogP contribution in [-0.2, 0) is 26.5 Å². The van der Waals surface area contributed by atoms with E-state index in [9.17, 15) is 0 Å². The largest absolute Gasteiger partial charge is 0.486 e. The third kappa shape index (κ3) is 7.51. The normalized spacial score (nSPS) is 12.0. The summed E-state index contributed by atoms with van der Waals surface area (Å²) in [4.78, 5) is 14.2. The van der Waals surface area contributed by atoms with Gasteiger partial charge in [-0.2, -0.15) is 0 Å². The summed E-state index contributed by atoms with van der Waals surface area (Å²) < 4.78 is 9.93. The summed E-state index contributed by atoms with van der Waals surface area (Å²) in [6, 6.07) is 33.6. The molecule has 0 bridgehead atoms. The summed E-state index contributed by atoms with van der Waals surface area (Å²) >= 11 is -1.90. The molecule has 7 heteroatoms. The van der Waals surface area contributed by atoms with Gasteiger partial charge in [-0.25, -0.2) is 4.98 Å². The van der Waals surface area contributed by atoms with Crippen molar-refractivity contribution < 1.29 is 24.5 Å². The number of aromatic nitrogens is 4. The topological polar surface area (TPSA) is 56.7 Å². The first-order valence-corrected chi connectivity index (χ1v) is 23.8. The number of aryl methyl sites for hydroxylation is 1. The number of hydrogen-bond donors (Lipinski definition) is 0. The van der Waals surface area contributed by atoms with Crippen LogP contribution in [0.2, 0.25) is 17.3 Å². The first kappa shape index (κ1) is 35.7. The van der Waals surface area contributed by atoms with E-state index in [1.165, 1.54) is 9.96 Å². The third-order valence-electron chi connectivity index (χ3n) is 8.28. The van der Waals surface area contributed by atoms with Gasteiger partial charge in [0, 0.05) is 37.2 Å². The minimum atomic E-state index is -1.90. The molecule has 0 atom stereocenters. The molecule has 0 saturated carbocycles. The van der Waals surface area contributed by atoms with Crippen molar-refractivity contribution in [2.75, 3.05) is 0 Å². The molecule has 0 fully saturated rings. The smallest absolute Gasteiger partial charge is 0.216 e. The molecule has 7 aromatic rings. The van der Waals surface area contributed by atoms with E-state index in [2.05, 4.69) is 104 Å². The summed E-state index contributed by atoms with van der Waals surface area (Å²) in [6.45, 7) is 13.2. The Kier molecular flexibility index (Phi) is 10.5. The minimum absolute atomic E-state index is 0. The van der Waals surface area contributed by atoms with Crippen LogP contribution in [0.15, 0.2) is 89.5 Å². The fourth-order valence-corrected chi connectivity index (χ4v) is 9.52. The second-order valence-corrected chi connectivity index (χ2v) is 25.5. The maximum Gasteiger partial charge on any atom is 0.216 e. The maximum atomic E-state index is 6.15. The molecular formula is C41H44GeIrN4O-2. The van der Waals surface area contributed by atoms with Gasteiger partial charge < -0.3 is 8.98 Å². The van der Waals surface area contributed by atoms with Gasteiger partial charge in [-0.3, -0.25) is 4.98 Å². The number of hydrogen-bond acceptors (Lipinski definition) is 4. The van der Waals surface area contributed by atoms with Gasteiger partial charge in [0.15, 0.2) is 0 Å². The predicted octanol–water partition coefficient (Wildman–Crippen LogP) is 10.4. The quantitative estimate of drug-likeness (QED) is 0.128. The van der Waals surface area contributed by atoms with Gasteiger partial charge in [0.05, 0.1) is 22.4 Å². The van der Waals surface area contributed by atoms with Crippen molar-refractivity contribution in [2.24, 2.45) is 5.41 Å². The van der Waals surface area contributed by atoms with E-state index >= 15 is 0 Å². The molecule has 0 amide bonds. The van der Waals surface area contributed by atoms with Crippen LogP contribution in [0.5, 0.6) is 0 Å². The molecule has 4 aromatic heterocycles. The van der Waals surface area contributed by atoms with Gasteiger partial charge >= 0.3 is 132 Å². The Morgan fingerprint density at radius 3 is 2.31 bits per heavy atom. The van der Waals surface area contributed by atoms with Crippen molar-refractivity contribution in [3.63, 3.8) is 0 Å². The molecular weight excluding hydrogens is 829 g/mol. The number of imidazole rings is 1. The number of benzene rings is 3. The van der Waals surface area contributed by atoms with E-state index < -0.39 is 13.3 Å². The molecule has 0 unspecified atom stereocenters. The molecule has 0 N–H and O–H groups in total. The van der Waals surface area contributed by atoms with Crippen molar-refractivity contribution in [3.05, 3.63) is 108 Å². The maximum absolute atomic E-state index is 6.15. The Labute approximate surface area is 300 Å². The van der Waals surface area contributed by atoms with Crippen molar-refractivity contribution in [3.8, 4) is 22.6 Å². The summed E-state index contributed by atoms with van der Waals surface area (Å²) in [7, 11) is 0. The molecule has 48 heavy (non-hydrogen) atoms. The molecule has 249 valence electrons. The molecule has 5 nitrogen and oxygen atoms in total. The number of furan rings is 1. The van der Waals surface area contributed by atoms with Gasteiger partial charge in [-0.05, 0) is 45.0 Å². The first-order valence-electron chi connectivity index (χ1n) is 16.4. The zero-order valence-electron chi connectivity index (χ0n) is 29.4. The Bertz CT molecular complexity index is 2190. The summed E-state index contributed by atoms with van der Waals surface area (Å²) in [5.41, 5.74) is 9.27. The molecule has 0 aliphatic heterocycles. The molecule has 0 saturated heterocycles. The molecule has 0 aliphatic carbocycles. The Balaban J connectivity index is 0.000000189. The van der Waals surface area contributed by atoms with E-state index in [0.29, 0.717) is 11.1 Å². The molecule has 7 rings (SSSR count). The SMILES string of the molecule is CC(C)(C)Cc1cc(-c2[c-]cccc2)nc[c]1[Ge]([CH3])([CH3])[CH3].Cc1ccc2c(n1)oc1c(-c3nc4ccccc4n3C(C)C)[c-]ccc12.[Ir]. The van der Waals surface area contributed by atoms with Crippen molar-refractivity contribution in [1.82, 2.24) is 19.5 Å². The fraction of sp³-hybridized carbons (Fsp3) is 0.293. The number of rotatable bonds is 5. The second-order valence-electron chi connectivity index (χ2n) is 14.9. The van der Waals surface area contributed by atoms with Crippen LogP contribution in [0, 0.1) is 24.5 Å². The number of fused-ring (bicyclic) bond motifs is 4. The van der Waals surface area contributed by atoms with Gasteiger partial charge in [-0.15, -0.1) is 18.2 Å². The summed E-state index contributed by atoms with van der Waals surface area (Å²) in [5.74, 6) is 8.20. The molecule has 1 radical (unpaired) electrons. The predicted molar refractivity (Wildman–Crippen MR) is 199 cm³/mol. The molecule has 3 aromatic carbocycles. The zero-order valence-corrected chi connectivity index (χ0v) is 33.9. The number of pyridine rings is 2. The van der Waals surface area contributed by atoms with Gasteiger partial charge in [-0.1, -0.05) is 23.1 Å². The monoisotopic (exact) mass is 875 g/mol. The van der Waals surface area contributed by atoms with Crippen LogP contribution in [0.1, 0.15) is 51.9 Å². The van der Waals surface area contributed by atoms with Crippen molar-refractivity contribution in [1.29, 1.82) is 0 Å². The van der Waals surface area contributed by atoms with Crippen LogP contribution >= 0.6 is 0 Å². The van der Waals surface area contributed by atoms with Crippen molar-refractivity contribution >= 4 is 50.8 Å². The van der Waals surface area contributed by atoms with Crippen LogP contribution in [-0.4, -0.2) is 32.8 Å². The van der Waals surface area contributed by atoms with E-state index in [1.807, 2.05) is 61.5 Å². The molecule has 4 heterocycles. The third-order valence-corrected chi connectivity index (χ3v) is 12.6. The average molecular weight is 874 g/mol. The Morgan fingerprint density at radius 2 is 1.62 bits per heavy atom. The standard InChI is InChI=1S/C22H18N3O.C19H26GeN.Ir/c1-13(2)25-19-10-5-4-9-18(19)24-21(25)17-8-6-7-15-16-12-11-14(3)23-22(16)26-20(15)17;1-19(2,3)13-16-12-18(15-10-8-7-9-11-15)21-14-17(16)20(4,5)6;/h4-7,9-13H,1-3H3;7-10,12,14H,13H2,1-6H3;/q2*-1;. The van der Waals surface area contributed by atoms with E-state index in [1.54, 1.807) is 0 Å². The summed E-state index contributed by atoms with van der Waals surface area (Å²) in [5, 5.41) is 2.07.